The van der Waals surface area contributed by atoms with Crippen LogP contribution in [-0.4, -0.2) is 35.6 Å². The first-order valence-corrected chi connectivity index (χ1v) is 7.55. The van der Waals surface area contributed by atoms with Crippen molar-refractivity contribution < 1.29 is 0 Å². The van der Waals surface area contributed by atoms with Gasteiger partial charge in [-0.1, -0.05) is 20.8 Å². The largest absolute Gasteiger partial charge is 0.311 e. The molecule has 0 aromatic rings. The zero-order valence-corrected chi connectivity index (χ0v) is 12.1. The van der Waals surface area contributed by atoms with Crippen LogP contribution in [0.25, 0.3) is 0 Å². The van der Waals surface area contributed by atoms with Crippen LogP contribution in [0.3, 0.4) is 0 Å². The van der Waals surface area contributed by atoms with Crippen LogP contribution in [0, 0.1) is 5.92 Å². The molecule has 1 N–H and O–H groups in total. The summed E-state index contributed by atoms with van der Waals surface area (Å²) in [5.74, 6) is 0.807. The first kappa shape index (κ1) is 13.4. The zero-order chi connectivity index (χ0) is 12.5. The Bertz CT molecular complexity index is 245. The molecule has 1 aliphatic heterocycles. The highest BCUT2D eigenvalue weighted by atomic mass is 15.3. The molecule has 2 nitrogen and oxygen atoms in total. The molecule has 0 bridgehead atoms. The third-order valence-electron chi connectivity index (χ3n) is 4.85. The van der Waals surface area contributed by atoms with Gasteiger partial charge < -0.3 is 5.32 Å². The van der Waals surface area contributed by atoms with Crippen molar-refractivity contribution in [2.75, 3.05) is 13.1 Å². The highest BCUT2D eigenvalue weighted by Gasteiger charge is 2.43. The molecule has 1 aliphatic carbocycles. The average molecular weight is 238 g/mol. The molecule has 0 aromatic heterocycles. The van der Waals surface area contributed by atoms with Gasteiger partial charge in [0.25, 0.3) is 0 Å². The Kier molecular flexibility index (Phi) is 4.14. The van der Waals surface area contributed by atoms with Gasteiger partial charge >= 0.3 is 0 Å². The maximum absolute atomic E-state index is 3.76. The van der Waals surface area contributed by atoms with Crippen LogP contribution in [0.1, 0.15) is 59.8 Å². The number of piperazine rings is 1. The van der Waals surface area contributed by atoms with E-state index in [9.17, 15) is 0 Å². The smallest absolute Gasteiger partial charge is 0.0224 e. The molecule has 2 aliphatic rings. The standard InChI is InChI=1S/C15H30N2/c1-5-14-10-16-13(9-12(2)3)11-17(14)15(4)7-6-8-15/h12-14,16H,5-11H2,1-4H3. The minimum absolute atomic E-state index is 0.526. The molecule has 2 unspecified atom stereocenters. The first-order valence-electron chi connectivity index (χ1n) is 7.55. The molecule has 0 radical (unpaired) electrons. The van der Waals surface area contributed by atoms with Crippen LogP contribution in [-0.2, 0) is 0 Å². The van der Waals surface area contributed by atoms with Gasteiger partial charge in [-0.05, 0) is 44.9 Å². The van der Waals surface area contributed by atoms with E-state index in [2.05, 4.69) is 37.9 Å². The summed E-state index contributed by atoms with van der Waals surface area (Å²) in [5.41, 5.74) is 0.526. The summed E-state index contributed by atoms with van der Waals surface area (Å²) in [4.78, 5) is 2.83. The third kappa shape index (κ3) is 2.85. The molecule has 0 spiro atoms. The fourth-order valence-electron chi connectivity index (χ4n) is 3.59. The summed E-state index contributed by atoms with van der Waals surface area (Å²) in [6, 6.07) is 1.49. The van der Waals surface area contributed by atoms with Crippen molar-refractivity contribution in [1.82, 2.24) is 10.2 Å². The van der Waals surface area contributed by atoms with Gasteiger partial charge in [0, 0.05) is 30.7 Å². The van der Waals surface area contributed by atoms with Gasteiger partial charge in [0.1, 0.15) is 0 Å². The molecule has 0 aromatic carbocycles. The molecule has 17 heavy (non-hydrogen) atoms. The van der Waals surface area contributed by atoms with Crippen molar-refractivity contribution in [1.29, 1.82) is 0 Å². The molecule has 0 amide bonds. The Morgan fingerprint density at radius 2 is 2.06 bits per heavy atom. The predicted octanol–water partition coefficient (Wildman–Crippen LogP) is 3.03. The number of rotatable bonds is 4. The lowest BCUT2D eigenvalue weighted by molar-refractivity contribution is -0.0315. The predicted molar refractivity (Wildman–Crippen MR) is 74.3 cm³/mol. The van der Waals surface area contributed by atoms with E-state index in [0.29, 0.717) is 5.54 Å². The Hall–Kier alpha value is -0.0800. The van der Waals surface area contributed by atoms with Crippen molar-refractivity contribution in [3.63, 3.8) is 0 Å². The molecule has 100 valence electrons. The summed E-state index contributed by atoms with van der Waals surface area (Å²) in [5, 5.41) is 3.76. The third-order valence-corrected chi connectivity index (χ3v) is 4.85. The van der Waals surface area contributed by atoms with Crippen molar-refractivity contribution >= 4 is 0 Å². The monoisotopic (exact) mass is 238 g/mol. The van der Waals surface area contributed by atoms with Crippen molar-refractivity contribution in [2.45, 2.75) is 77.4 Å². The Morgan fingerprint density at radius 3 is 2.53 bits per heavy atom. The second-order valence-electron chi connectivity index (χ2n) is 6.80. The van der Waals surface area contributed by atoms with E-state index in [0.717, 1.165) is 18.0 Å². The fraction of sp³-hybridized carbons (Fsp3) is 1.00. The minimum Gasteiger partial charge on any atom is -0.311 e. The second kappa shape index (κ2) is 5.27. The lowest BCUT2D eigenvalue weighted by Crippen LogP contribution is -2.65. The van der Waals surface area contributed by atoms with E-state index >= 15 is 0 Å². The highest BCUT2D eigenvalue weighted by Crippen LogP contribution is 2.39. The lowest BCUT2D eigenvalue weighted by atomic mass is 9.75. The van der Waals surface area contributed by atoms with Crippen LogP contribution in [0.15, 0.2) is 0 Å². The van der Waals surface area contributed by atoms with Crippen molar-refractivity contribution in [2.24, 2.45) is 5.92 Å². The minimum atomic E-state index is 0.526. The average Bonchev–Trinajstić information content (AvgIpc) is 2.25. The number of nitrogens with one attached hydrogen (secondary N) is 1. The summed E-state index contributed by atoms with van der Waals surface area (Å²) < 4.78 is 0. The molecule has 2 fully saturated rings. The zero-order valence-electron chi connectivity index (χ0n) is 12.1. The summed E-state index contributed by atoms with van der Waals surface area (Å²) in [7, 11) is 0. The van der Waals surface area contributed by atoms with E-state index < -0.39 is 0 Å². The first-order chi connectivity index (χ1) is 8.05. The van der Waals surface area contributed by atoms with Gasteiger partial charge in [-0.3, -0.25) is 4.90 Å². The van der Waals surface area contributed by atoms with Gasteiger partial charge in [0.15, 0.2) is 0 Å². The van der Waals surface area contributed by atoms with E-state index in [1.165, 1.54) is 45.2 Å². The normalized spacial score (nSPS) is 33.7. The maximum Gasteiger partial charge on any atom is 0.0224 e. The van der Waals surface area contributed by atoms with Crippen molar-refractivity contribution in [3.05, 3.63) is 0 Å². The van der Waals surface area contributed by atoms with Crippen LogP contribution < -0.4 is 5.32 Å². The van der Waals surface area contributed by atoms with Crippen molar-refractivity contribution in [3.8, 4) is 0 Å². The summed E-state index contributed by atoms with van der Waals surface area (Å²) in [6.45, 7) is 12.0. The molecule has 1 saturated heterocycles. The molecular weight excluding hydrogens is 208 g/mol. The molecular formula is C15H30N2. The summed E-state index contributed by atoms with van der Waals surface area (Å²) >= 11 is 0. The molecule has 1 heterocycles. The second-order valence-corrected chi connectivity index (χ2v) is 6.80. The van der Waals surface area contributed by atoms with E-state index in [4.69, 9.17) is 0 Å². The van der Waals surface area contributed by atoms with Crippen LogP contribution in [0.5, 0.6) is 0 Å². The fourth-order valence-corrected chi connectivity index (χ4v) is 3.59. The topological polar surface area (TPSA) is 15.3 Å². The van der Waals surface area contributed by atoms with Crippen LogP contribution in [0.2, 0.25) is 0 Å². The number of nitrogens with zero attached hydrogens (tertiary/aromatic N) is 1. The lowest BCUT2D eigenvalue weighted by Gasteiger charge is -2.55. The summed E-state index contributed by atoms with van der Waals surface area (Å²) in [6.07, 6.45) is 6.88. The van der Waals surface area contributed by atoms with Crippen LogP contribution >= 0.6 is 0 Å². The molecule has 2 rings (SSSR count). The van der Waals surface area contributed by atoms with Crippen LogP contribution in [0.4, 0.5) is 0 Å². The van der Waals surface area contributed by atoms with E-state index in [-0.39, 0.29) is 0 Å². The van der Waals surface area contributed by atoms with E-state index in [1.54, 1.807) is 0 Å². The number of hydrogen-bond donors (Lipinski definition) is 1. The maximum atomic E-state index is 3.76. The van der Waals surface area contributed by atoms with E-state index in [1.807, 2.05) is 0 Å². The highest BCUT2D eigenvalue weighted by molar-refractivity contribution is 5.00. The molecule has 2 heteroatoms. The van der Waals surface area contributed by atoms with Gasteiger partial charge in [-0.25, -0.2) is 0 Å². The number of hydrogen-bond acceptors (Lipinski definition) is 2. The Labute approximate surface area is 107 Å². The Morgan fingerprint density at radius 1 is 1.35 bits per heavy atom. The van der Waals surface area contributed by atoms with Gasteiger partial charge in [-0.2, -0.15) is 0 Å². The van der Waals surface area contributed by atoms with Gasteiger partial charge in [0.05, 0.1) is 0 Å². The van der Waals surface area contributed by atoms with Gasteiger partial charge in [0.2, 0.25) is 0 Å². The van der Waals surface area contributed by atoms with Gasteiger partial charge in [-0.15, -0.1) is 0 Å². The quantitative estimate of drug-likeness (QED) is 0.810. The molecule has 2 atom stereocenters. The Balaban J connectivity index is 1.98. The SMILES string of the molecule is CCC1CNC(CC(C)C)CN1C1(C)CCC1. The molecule has 1 saturated carbocycles.